The van der Waals surface area contributed by atoms with Crippen LogP contribution in [0.3, 0.4) is 0 Å². The van der Waals surface area contributed by atoms with E-state index in [0.29, 0.717) is 29.8 Å². The zero-order valence-electron chi connectivity index (χ0n) is 19.0. The molecule has 1 N–H and O–H groups in total. The van der Waals surface area contributed by atoms with Gasteiger partial charge < -0.3 is 10.1 Å². The van der Waals surface area contributed by atoms with E-state index in [1.165, 1.54) is 50.5 Å². The summed E-state index contributed by atoms with van der Waals surface area (Å²) in [5, 5.41) is 2.59. The molecule has 0 unspecified atom stereocenters. The summed E-state index contributed by atoms with van der Waals surface area (Å²) in [5.74, 6) is -1.57. The molecule has 0 spiro atoms. The number of benzene rings is 2. The molecule has 5 heteroatoms. The topological polar surface area (TPSA) is 72.5 Å². The molecule has 0 saturated heterocycles. The number of nitrogens with one attached hydrogen (secondary N) is 1. The monoisotopic (exact) mass is 435 g/mol. The van der Waals surface area contributed by atoms with E-state index in [9.17, 15) is 14.4 Å². The number of carbonyl (C=O) groups is 3. The van der Waals surface area contributed by atoms with Crippen LogP contribution in [0.25, 0.3) is 0 Å². The lowest BCUT2D eigenvalue weighted by molar-refractivity contribution is -0.145. The van der Waals surface area contributed by atoms with E-state index in [-0.39, 0.29) is 5.78 Å². The van der Waals surface area contributed by atoms with Crippen LogP contribution in [0.1, 0.15) is 86.2 Å². The number of para-hydroxylation sites is 1. The first kappa shape index (κ1) is 23.7. The average molecular weight is 436 g/mol. The molecule has 0 heterocycles. The van der Waals surface area contributed by atoms with Crippen LogP contribution in [0, 0.1) is 0 Å². The number of rotatable bonds is 11. The highest BCUT2D eigenvalue weighted by Crippen LogP contribution is 2.33. The molecule has 1 aliphatic carbocycles. The minimum absolute atomic E-state index is 0.0181. The van der Waals surface area contributed by atoms with Crippen molar-refractivity contribution >= 4 is 23.3 Å². The Morgan fingerprint density at radius 3 is 2.28 bits per heavy atom. The van der Waals surface area contributed by atoms with Crippen LogP contribution in [0.4, 0.5) is 5.69 Å². The Hall–Kier alpha value is -2.95. The smallest absolute Gasteiger partial charge is 0.402 e. The molecular formula is C27H33NO4. The standard InChI is InChI=1S/C27H33NO4/c1-2-3-4-5-6-7-8-10-13-20-16-18-23(25-22(20)17-19-24(25)29)28-26(30)27(31)32-21-14-11-9-12-15-21/h9,11-12,14-16,18H,2-8,10,13,17,19H2,1H3,(H,28,30). The second-order valence-electron chi connectivity index (χ2n) is 8.43. The molecule has 1 aliphatic rings. The Bertz CT molecular complexity index is 936. The summed E-state index contributed by atoms with van der Waals surface area (Å²) in [7, 11) is 0. The van der Waals surface area contributed by atoms with Crippen molar-refractivity contribution in [2.24, 2.45) is 0 Å². The summed E-state index contributed by atoms with van der Waals surface area (Å²) in [6.07, 6.45) is 12.2. The summed E-state index contributed by atoms with van der Waals surface area (Å²) in [5.41, 5.74) is 3.16. The van der Waals surface area contributed by atoms with Gasteiger partial charge in [-0.05, 0) is 48.6 Å². The minimum Gasteiger partial charge on any atom is -0.419 e. The molecule has 0 radical (unpaired) electrons. The molecule has 0 saturated carbocycles. The Balaban J connectivity index is 1.56. The third kappa shape index (κ3) is 6.52. The number of Topliss-reactive ketones (excluding diaryl/α,β-unsaturated/α-hetero) is 1. The number of hydrogen-bond donors (Lipinski definition) is 1. The number of hydrogen-bond acceptors (Lipinski definition) is 4. The van der Waals surface area contributed by atoms with Gasteiger partial charge in [0.15, 0.2) is 5.78 Å². The van der Waals surface area contributed by atoms with E-state index >= 15 is 0 Å². The highest BCUT2D eigenvalue weighted by atomic mass is 16.5. The molecule has 5 nitrogen and oxygen atoms in total. The summed E-state index contributed by atoms with van der Waals surface area (Å²) in [6, 6.07) is 12.2. The number of amides is 1. The van der Waals surface area contributed by atoms with Crippen LogP contribution in [0.5, 0.6) is 5.75 Å². The summed E-state index contributed by atoms with van der Waals surface area (Å²) in [6.45, 7) is 2.23. The van der Waals surface area contributed by atoms with E-state index in [4.69, 9.17) is 4.74 Å². The zero-order valence-corrected chi connectivity index (χ0v) is 19.0. The van der Waals surface area contributed by atoms with Gasteiger partial charge >= 0.3 is 11.9 Å². The van der Waals surface area contributed by atoms with Gasteiger partial charge in [-0.15, -0.1) is 0 Å². The molecule has 2 aromatic rings. The number of fused-ring (bicyclic) bond motifs is 1. The van der Waals surface area contributed by atoms with Crippen molar-refractivity contribution in [2.75, 3.05) is 5.32 Å². The Morgan fingerprint density at radius 1 is 0.875 bits per heavy atom. The first-order valence-corrected chi connectivity index (χ1v) is 11.9. The van der Waals surface area contributed by atoms with Crippen molar-refractivity contribution in [1.82, 2.24) is 0 Å². The van der Waals surface area contributed by atoms with Gasteiger partial charge in [0.2, 0.25) is 0 Å². The highest BCUT2D eigenvalue weighted by Gasteiger charge is 2.27. The maximum atomic E-state index is 12.5. The van der Waals surface area contributed by atoms with E-state index in [1.807, 2.05) is 6.07 Å². The van der Waals surface area contributed by atoms with Crippen molar-refractivity contribution in [3.05, 3.63) is 59.2 Å². The van der Waals surface area contributed by atoms with E-state index in [0.717, 1.165) is 18.4 Å². The number of unbranched alkanes of at least 4 members (excludes halogenated alkanes) is 7. The van der Waals surface area contributed by atoms with Crippen LogP contribution in [-0.2, 0) is 22.4 Å². The number of anilines is 1. The molecule has 170 valence electrons. The van der Waals surface area contributed by atoms with Crippen molar-refractivity contribution in [1.29, 1.82) is 0 Å². The molecule has 3 rings (SSSR count). The first-order valence-electron chi connectivity index (χ1n) is 11.9. The van der Waals surface area contributed by atoms with Gasteiger partial charge in [-0.1, -0.05) is 76.1 Å². The summed E-state index contributed by atoms with van der Waals surface area (Å²) >= 11 is 0. The van der Waals surface area contributed by atoms with Crippen LogP contribution in [-0.4, -0.2) is 17.7 Å². The van der Waals surface area contributed by atoms with Crippen molar-refractivity contribution in [3.63, 3.8) is 0 Å². The minimum atomic E-state index is -1.00. The molecule has 0 aromatic heterocycles. The predicted molar refractivity (Wildman–Crippen MR) is 126 cm³/mol. The van der Waals surface area contributed by atoms with Gasteiger partial charge in [0.05, 0.1) is 5.69 Å². The maximum Gasteiger partial charge on any atom is 0.402 e. The van der Waals surface area contributed by atoms with E-state index in [1.54, 1.807) is 36.4 Å². The second-order valence-corrected chi connectivity index (χ2v) is 8.43. The van der Waals surface area contributed by atoms with Crippen LogP contribution >= 0.6 is 0 Å². The molecule has 0 aliphatic heterocycles. The fraction of sp³-hybridized carbons (Fsp3) is 0.444. The third-order valence-electron chi connectivity index (χ3n) is 5.98. The third-order valence-corrected chi connectivity index (χ3v) is 5.98. The SMILES string of the molecule is CCCCCCCCCCc1ccc(NC(=O)C(=O)Oc2ccccc2)c2c1CCC2=O. The molecule has 0 atom stereocenters. The van der Waals surface area contributed by atoms with E-state index < -0.39 is 11.9 Å². The fourth-order valence-electron chi connectivity index (χ4n) is 4.26. The second kappa shape index (κ2) is 12.2. The average Bonchev–Trinajstić information content (AvgIpc) is 3.19. The quantitative estimate of drug-likeness (QED) is 0.202. The summed E-state index contributed by atoms with van der Waals surface area (Å²) in [4.78, 5) is 37.0. The molecular weight excluding hydrogens is 402 g/mol. The normalized spacial score (nSPS) is 12.5. The molecule has 0 fully saturated rings. The van der Waals surface area contributed by atoms with Crippen LogP contribution in [0.2, 0.25) is 0 Å². The van der Waals surface area contributed by atoms with Crippen LogP contribution < -0.4 is 10.1 Å². The zero-order chi connectivity index (χ0) is 22.8. The van der Waals surface area contributed by atoms with Gasteiger partial charge in [0.1, 0.15) is 5.75 Å². The van der Waals surface area contributed by atoms with Gasteiger partial charge in [-0.25, -0.2) is 4.79 Å². The number of carbonyl (C=O) groups excluding carboxylic acids is 3. The molecule has 2 aromatic carbocycles. The van der Waals surface area contributed by atoms with Gasteiger partial charge in [-0.2, -0.15) is 0 Å². The van der Waals surface area contributed by atoms with E-state index in [2.05, 4.69) is 12.2 Å². The first-order chi connectivity index (χ1) is 15.6. The lowest BCUT2D eigenvalue weighted by Crippen LogP contribution is -2.28. The Labute approximate surface area is 190 Å². The molecule has 0 bridgehead atoms. The number of ketones is 1. The number of esters is 1. The number of ether oxygens (including phenoxy) is 1. The Kier molecular flexibility index (Phi) is 9.02. The lowest BCUT2D eigenvalue weighted by atomic mass is 9.96. The van der Waals surface area contributed by atoms with Crippen molar-refractivity contribution in [2.45, 2.75) is 77.6 Å². The largest absolute Gasteiger partial charge is 0.419 e. The fourth-order valence-corrected chi connectivity index (χ4v) is 4.26. The Morgan fingerprint density at radius 2 is 1.56 bits per heavy atom. The van der Waals surface area contributed by atoms with Gasteiger partial charge in [0, 0.05) is 12.0 Å². The predicted octanol–water partition coefficient (Wildman–Crippen LogP) is 6.04. The maximum absolute atomic E-state index is 12.5. The van der Waals surface area contributed by atoms with Crippen LogP contribution in [0.15, 0.2) is 42.5 Å². The molecule has 32 heavy (non-hydrogen) atoms. The molecule has 1 amide bonds. The highest BCUT2D eigenvalue weighted by molar-refractivity contribution is 6.38. The van der Waals surface area contributed by atoms with Gasteiger partial charge in [-0.3, -0.25) is 9.59 Å². The van der Waals surface area contributed by atoms with Gasteiger partial charge in [0.25, 0.3) is 0 Å². The lowest BCUT2D eigenvalue weighted by Gasteiger charge is -2.13. The van der Waals surface area contributed by atoms with Crippen molar-refractivity contribution in [3.8, 4) is 5.75 Å². The van der Waals surface area contributed by atoms with Crippen molar-refractivity contribution < 1.29 is 19.1 Å². The number of aryl methyl sites for hydroxylation is 1. The summed E-state index contributed by atoms with van der Waals surface area (Å²) < 4.78 is 5.09.